The molecular weight excluding hydrogens is 292 g/mol. The molecule has 2 nitrogen and oxygen atoms in total. The average molecular weight is 313 g/mol. The number of rotatable bonds is 3. The van der Waals surface area contributed by atoms with E-state index >= 15 is 0 Å². The standard InChI is InChI=1S/C15H21BrO2/c1-15(2,3)12(9-17)6-11-8-13(16)7-10-4-5-18-14(10)11/h7-8,12,17H,4-6,9H2,1-3H3. The van der Waals surface area contributed by atoms with Gasteiger partial charge in [0.05, 0.1) is 6.61 Å². The lowest BCUT2D eigenvalue weighted by Crippen LogP contribution is -2.26. The Morgan fingerprint density at radius 2 is 2.11 bits per heavy atom. The Labute approximate surface area is 117 Å². The maximum Gasteiger partial charge on any atom is 0.125 e. The van der Waals surface area contributed by atoms with Crippen LogP contribution in [0.5, 0.6) is 5.75 Å². The number of benzene rings is 1. The predicted molar refractivity (Wildman–Crippen MR) is 77.1 cm³/mol. The molecule has 0 saturated heterocycles. The lowest BCUT2D eigenvalue weighted by molar-refractivity contribution is 0.130. The monoisotopic (exact) mass is 312 g/mol. The molecule has 1 aliphatic heterocycles. The van der Waals surface area contributed by atoms with Gasteiger partial charge in [0.2, 0.25) is 0 Å². The summed E-state index contributed by atoms with van der Waals surface area (Å²) in [5.41, 5.74) is 2.60. The maximum atomic E-state index is 9.59. The van der Waals surface area contributed by atoms with Crippen LogP contribution in [0.1, 0.15) is 31.9 Å². The van der Waals surface area contributed by atoms with Gasteiger partial charge in [-0.3, -0.25) is 0 Å². The molecule has 0 radical (unpaired) electrons. The Kier molecular flexibility index (Phi) is 4.02. The van der Waals surface area contributed by atoms with Crippen LogP contribution in [0, 0.1) is 11.3 Å². The first-order chi connectivity index (χ1) is 8.41. The Morgan fingerprint density at radius 1 is 1.39 bits per heavy atom. The third kappa shape index (κ3) is 2.89. The average Bonchev–Trinajstić information content (AvgIpc) is 2.71. The van der Waals surface area contributed by atoms with Crippen LogP contribution in [0.3, 0.4) is 0 Å². The third-order valence-electron chi connectivity index (χ3n) is 3.74. The number of aliphatic hydroxyl groups excluding tert-OH is 1. The summed E-state index contributed by atoms with van der Waals surface area (Å²) in [4.78, 5) is 0. The van der Waals surface area contributed by atoms with Crippen LogP contribution in [0.2, 0.25) is 0 Å². The van der Waals surface area contributed by atoms with Crippen molar-refractivity contribution in [1.29, 1.82) is 0 Å². The fraction of sp³-hybridized carbons (Fsp3) is 0.600. The number of hydrogen-bond acceptors (Lipinski definition) is 2. The van der Waals surface area contributed by atoms with E-state index in [1.54, 1.807) is 0 Å². The minimum Gasteiger partial charge on any atom is -0.493 e. The highest BCUT2D eigenvalue weighted by Gasteiger charge is 2.27. The number of ether oxygens (including phenoxy) is 1. The van der Waals surface area contributed by atoms with Crippen LogP contribution in [-0.4, -0.2) is 18.3 Å². The van der Waals surface area contributed by atoms with Crippen molar-refractivity contribution in [3.05, 3.63) is 27.7 Å². The molecule has 0 aromatic heterocycles. The lowest BCUT2D eigenvalue weighted by Gasteiger charge is -2.29. The summed E-state index contributed by atoms with van der Waals surface area (Å²) in [6, 6.07) is 4.26. The molecule has 0 aliphatic carbocycles. The molecule has 3 heteroatoms. The fourth-order valence-corrected chi connectivity index (χ4v) is 2.96. The van der Waals surface area contributed by atoms with Gasteiger partial charge in [0.1, 0.15) is 5.75 Å². The van der Waals surface area contributed by atoms with Crippen LogP contribution < -0.4 is 4.74 Å². The van der Waals surface area contributed by atoms with Crippen molar-refractivity contribution in [3.8, 4) is 5.75 Å². The summed E-state index contributed by atoms with van der Waals surface area (Å²) in [6.45, 7) is 7.51. The number of aliphatic hydroxyl groups is 1. The van der Waals surface area contributed by atoms with Gasteiger partial charge in [0.15, 0.2) is 0 Å². The molecule has 1 unspecified atom stereocenters. The Balaban J connectivity index is 2.29. The van der Waals surface area contributed by atoms with Crippen molar-refractivity contribution in [2.45, 2.75) is 33.6 Å². The van der Waals surface area contributed by atoms with Gasteiger partial charge in [-0.1, -0.05) is 36.7 Å². The Hall–Kier alpha value is -0.540. The van der Waals surface area contributed by atoms with Crippen molar-refractivity contribution in [1.82, 2.24) is 0 Å². The molecule has 1 atom stereocenters. The van der Waals surface area contributed by atoms with E-state index in [4.69, 9.17) is 4.74 Å². The van der Waals surface area contributed by atoms with Crippen molar-refractivity contribution in [2.75, 3.05) is 13.2 Å². The molecule has 0 bridgehead atoms. The molecule has 1 aromatic rings. The summed E-state index contributed by atoms with van der Waals surface area (Å²) in [6.07, 6.45) is 1.85. The van der Waals surface area contributed by atoms with E-state index in [9.17, 15) is 5.11 Å². The summed E-state index contributed by atoms with van der Waals surface area (Å²) < 4.78 is 6.84. The smallest absolute Gasteiger partial charge is 0.125 e. The van der Waals surface area contributed by atoms with Crippen LogP contribution in [0.25, 0.3) is 0 Å². The first kappa shape index (κ1) is 13.9. The largest absolute Gasteiger partial charge is 0.493 e. The molecule has 100 valence electrons. The van der Waals surface area contributed by atoms with Crippen molar-refractivity contribution < 1.29 is 9.84 Å². The second kappa shape index (κ2) is 5.22. The van der Waals surface area contributed by atoms with Gasteiger partial charge in [-0.2, -0.15) is 0 Å². The number of fused-ring (bicyclic) bond motifs is 1. The van der Waals surface area contributed by atoms with Crippen LogP contribution in [-0.2, 0) is 12.8 Å². The molecule has 0 amide bonds. The molecule has 1 heterocycles. The fourth-order valence-electron chi connectivity index (χ4n) is 2.41. The van der Waals surface area contributed by atoms with Crippen LogP contribution in [0.4, 0.5) is 0 Å². The van der Waals surface area contributed by atoms with E-state index < -0.39 is 0 Å². The Morgan fingerprint density at radius 3 is 2.72 bits per heavy atom. The molecule has 0 fully saturated rings. The van der Waals surface area contributed by atoms with Gasteiger partial charge in [-0.15, -0.1) is 0 Å². The van der Waals surface area contributed by atoms with Gasteiger partial charge in [0.25, 0.3) is 0 Å². The molecule has 0 spiro atoms. The van der Waals surface area contributed by atoms with Crippen LogP contribution in [0.15, 0.2) is 16.6 Å². The van der Waals surface area contributed by atoms with Crippen molar-refractivity contribution >= 4 is 15.9 Å². The quantitative estimate of drug-likeness (QED) is 0.924. The summed E-state index contributed by atoms with van der Waals surface area (Å²) in [5.74, 6) is 1.29. The highest BCUT2D eigenvalue weighted by molar-refractivity contribution is 9.10. The summed E-state index contributed by atoms with van der Waals surface area (Å²) in [7, 11) is 0. The van der Waals surface area contributed by atoms with Gasteiger partial charge in [-0.25, -0.2) is 0 Å². The van der Waals surface area contributed by atoms with Gasteiger partial charge in [0, 0.05) is 17.5 Å². The highest BCUT2D eigenvalue weighted by atomic mass is 79.9. The van der Waals surface area contributed by atoms with Gasteiger partial charge >= 0.3 is 0 Å². The molecule has 1 aliphatic rings. The number of hydrogen-bond donors (Lipinski definition) is 1. The molecule has 0 saturated carbocycles. The summed E-state index contributed by atoms with van der Waals surface area (Å²) in [5, 5.41) is 9.59. The SMILES string of the molecule is CC(C)(C)C(CO)Cc1cc(Br)cc2c1OCC2. The topological polar surface area (TPSA) is 29.5 Å². The third-order valence-corrected chi connectivity index (χ3v) is 4.19. The zero-order valence-corrected chi connectivity index (χ0v) is 12.9. The van der Waals surface area contributed by atoms with Crippen molar-refractivity contribution in [3.63, 3.8) is 0 Å². The molecule has 1 aromatic carbocycles. The first-order valence-corrected chi connectivity index (χ1v) is 7.26. The lowest BCUT2D eigenvalue weighted by atomic mass is 9.77. The minimum absolute atomic E-state index is 0.0998. The Bertz CT molecular complexity index is 435. The maximum absolute atomic E-state index is 9.59. The van der Waals surface area contributed by atoms with Crippen molar-refractivity contribution in [2.24, 2.45) is 11.3 Å². The highest BCUT2D eigenvalue weighted by Crippen LogP contribution is 2.37. The van der Waals surface area contributed by atoms with E-state index in [-0.39, 0.29) is 17.9 Å². The van der Waals surface area contributed by atoms with E-state index in [1.807, 2.05) is 0 Å². The second-order valence-electron chi connectivity index (χ2n) is 6.10. The summed E-state index contributed by atoms with van der Waals surface area (Å²) >= 11 is 3.56. The molecule has 2 rings (SSSR count). The zero-order valence-electron chi connectivity index (χ0n) is 11.3. The van der Waals surface area contributed by atoms with Gasteiger partial charge < -0.3 is 9.84 Å². The van der Waals surface area contributed by atoms with E-state index in [2.05, 4.69) is 48.8 Å². The minimum atomic E-state index is 0.0998. The second-order valence-corrected chi connectivity index (χ2v) is 7.02. The first-order valence-electron chi connectivity index (χ1n) is 6.46. The normalized spacial score (nSPS) is 16.3. The van der Waals surface area contributed by atoms with E-state index in [1.165, 1.54) is 11.1 Å². The van der Waals surface area contributed by atoms with E-state index in [0.29, 0.717) is 0 Å². The van der Waals surface area contributed by atoms with Crippen LogP contribution >= 0.6 is 15.9 Å². The molecular formula is C15H21BrO2. The molecule has 1 N–H and O–H groups in total. The predicted octanol–water partition coefficient (Wildman–Crippen LogP) is 3.58. The van der Waals surface area contributed by atoms with Gasteiger partial charge in [-0.05, 0) is 41.0 Å². The number of halogens is 1. The van der Waals surface area contributed by atoms with E-state index in [0.717, 1.165) is 29.7 Å². The zero-order chi connectivity index (χ0) is 13.3. The molecule has 18 heavy (non-hydrogen) atoms.